The molecule has 1 aromatic carbocycles. The van der Waals surface area contributed by atoms with Crippen molar-refractivity contribution in [2.45, 2.75) is 6.42 Å². The Hall–Kier alpha value is -2.82. The molecule has 3 heterocycles. The fourth-order valence-electron chi connectivity index (χ4n) is 2.66. The van der Waals surface area contributed by atoms with Gasteiger partial charge < -0.3 is 5.32 Å². The van der Waals surface area contributed by atoms with E-state index in [0.717, 1.165) is 15.5 Å². The van der Waals surface area contributed by atoms with Gasteiger partial charge in [-0.1, -0.05) is 17.7 Å². The topological polar surface area (TPSA) is 102 Å². The van der Waals surface area contributed by atoms with Gasteiger partial charge >= 0.3 is 0 Å². The van der Waals surface area contributed by atoms with Crippen LogP contribution in [0.5, 0.6) is 0 Å². The smallest absolute Gasteiger partial charge is 0.282 e. The summed E-state index contributed by atoms with van der Waals surface area (Å²) in [4.78, 5) is 29.2. The van der Waals surface area contributed by atoms with Crippen LogP contribution in [0.25, 0.3) is 15.7 Å². The maximum atomic E-state index is 12.4. The molecule has 11 heteroatoms. The van der Waals surface area contributed by atoms with Crippen LogP contribution in [-0.2, 0) is 6.42 Å². The van der Waals surface area contributed by atoms with Gasteiger partial charge in [0.05, 0.1) is 15.5 Å². The summed E-state index contributed by atoms with van der Waals surface area (Å²) in [5, 5.41) is 22.5. The summed E-state index contributed by atoms with van der Waals surface area (Å²) in [5.41, 5.74) is 0.557. The molecule has 28 heavy (non-hydrogen) atoms. The summed E-state index contributed by atoms with van der Waals surface area (Å²) in [6.45, 7) is 0.294. The molecule has 142 valence electrons. The lowest BCUT2D eigenvalue weighted by molar-refractivity contribution is -0.385. The van der Waals surface area contributed by atoms with Gasteiger partial charge in [0.25, 0.3) is 11.6 Å². The number of nitro benzene ring substituents is 1. The summed E-state index contributed by atoms with van der Waals surface area (Å²) in [6, 6.07) is 7.81. The number of nitro groups is 1. The first-order chi connectivity index (χ1) is 13.5. The number of thiophene rings is 1. The number of rotatable bonds is 6. The van der Waals surface area contributed by atoms with E-state index in [-0.39, 0.29) is 16.3 Å². The normalized spacial score (nSPS) is 11.0. The van der Waals surface area contributed by atoms with Gasteiger partial charge in [-0.15, -0.1) is 27.8 Å². The number of carbonyl (C=O) groups is 1. The van der Waals surface area contributed by atoms with Gasteiger partial charge in [0.15, 0.2) is 5.82 Å². The van der Waals surface area contributed by atoms with Crippen molar-refractivity contribution >= 4 is 50.8 Å². The number of aromatic nitrogens is 3. The summed E-state index contributed by atoms with van der Waals surface area (Å²) in [7, 11) is 0. The van der Waals surface area contributed by atoms with Gasteiger partial charge in [-0.2, -0.15) is 4.98 Å². The third-order valence-electron chi connectivity index (χ3n) is 3.96. The highest BCUT2D eigenvalue weighted by Gasteiger charge is 2.20. The van der Waals surface area contributed by atoms with Crippen LogP contribution in [0.2, 0.25) is 5.02 Å². The number of hydrogen-bond donors (Lipinski definition) is 1. The van der Waals surface area contributed by atoms with E-state index in [9.17, 15) is 14.9 Å². The number of hydrogen-bond acceptors (Lipinski definition) is 7. The molecule has 0 unspecified atom stereocenters. The van der Waals surface area contributed by atoms with Crippen LogP contribution in [0.15, 0.2) is 41.1 Å². The molecule has 0 atom stereocenters. The number of fused-ring (bicyclic) bond motifs is 1. The summed E-state index contributed by atoms with van der Waals surface area (Å²) in [5.74, 6) is 0.125. The molecule has 0 spiro atoms. The average Bonchev–Trinajstić information content (AvgIpc) is 3.39. The highest BCUT2D eigenvalue weighted by Crippen LogP contribution is 2.25. The van der Waals surface area contributed by atoms with Crippen LogP contribution < -0.4 is 5.32 Å². The third kappa shape index (κ3) is 3.61. The molecule has 0 fully saturated rings. The van der Waals surface area contributed by atoms with Crippen LogP contribution in [0.3, 0.4) is 0 Å². The molecule has 3 aromatic heterocycles. The quantitative estimate of drug-likeness (QED) is 0.365. The van der Waals surface area contributed by atoms with Crippen LogP contribution >= 0.6 is 34.3 Å². The molecule has 1 N–H and O–H groups in total. The molecule has 8 nitrogen and oxygen atoms in total. The molecule has 4 rings (SSSR count). The van der Waals surface area contributed by atoms with E-state index in [1.165, 1.54) is 29.5 Å². The molecule has 4 aromatic rings. The van der Waals surface area contributed by atoms with Gasteiger partial charge in [0.2, 0.25) is 4.96 Å². The van der Waals surface area contributed by atoms with E-state index < -0.39 is 10.8 Å². The maximum absolute atomic E-state index is 12.4. The van der Waals surface area contributed by atoms with E-state index >= 15 is 0 Å². The number of benzene rings is 1. The Morgan fingerprint density at radius 2 is 2.18 bits per heavy atom. The summed E-state index contributed by atoms with van der Waals surface area (Å²) >= 11 is 8.91. The fraction of sp³-hybridized carbons (Fsp3) is 0.118. The number of carbonyl (C=O) groups excluding carboxylic acids is 1. The molecule has 1 amide bonds. The average molecular weight is 434 g/mol. The van der Waals surface area contributed by atoms with Crippen LogP contribution in [0, 0.1) is 10.1 Å². The van der Waals surface area contributed by atoms with Crippen LogP contribution in [0.1, 0.15) is 16.1 Å². The number of halogens is 1. The van der Waals surface area contributed by atoms with Crippen LogP contribution in [-0.4, -0.2) is 32.0 Å². The molecule has 0 aliphatic heterocycles. The van der Waals surface area contributed by atoms with E-state index in [1.807, 2.05) is 22.9 Å². The van der Waals surface area contributed by atoms with E-state index in [1.54, 1.807) is 15.9 Å². The third-order valence-corrected chi connectivity index (χ3v) is 5.92. The largest absolute Gasteiger partial charge is 0.351 e. The fourth-order valence-corrected chi connectivity index (χ4v) is 4.34. The molecule has 0 radical (unpaired) electrons. The van der Waals surface area contributed by atoms with Crippen molar-refractivity contribution in [3.05, 3.63) is 67.5 Å². The minimum absolute atomic E-state index is 0.0614. The second-order valence-corrected chi connectivity index (χ2v) is 7.98. The number of amides is 1. The van der Waals surface area contributed by atoms with Crippen molar-refractivity contribution < 1.29 is 9.72 Å². The lowest BCUT2D eigenvalue weighted by Gasteiger charge is -2.06. The highest BCUT2D eigenvalue weighted by molar-refractivity contribution is 7.15. The zero-order chi connectivity index (χ0) is 19.7. The Kier molecular flexibility index (Phi) is 5.07. The SMILES string of the molecule is O=C(NCCc1csc2nc(-c3cccs3)nn12)c1cc(Cl)ccc1[N+](=O)[O-]. The predicted molar refractivity (Wildman–Crippen MR) is 108 cm³/mol. The van der Waals surface area contributed by atoms with E-state index in [4.69, 9.17) is 11.6 Å². The van der Waals surface area contributed by atoms with Gasteiger partial charge in [0.1, 0.15) is 5.56 Å². The summed E-state index contributed by atoms with van der Waals surface area (Å²) in [6.07, 6.45) is 0.507. The van der Waals surface area contributed by atoms with Gasteiger partial charge in [-0.25, -0.2) is 4.52 Å². The zero-order valence-corrected chi connectivity index (χ0v) is 16.6. The molecule has 0 aliphatic rings. The number of nitrogens with one attached hydrogen (secondary N) is 1. The first-order valence-electron chi connectivity index (χ1n) is 8.12. The van der Waals surface area contributed by atoms with Crippen molar-refractivity contribution in [2.24, 2.45) is 0 Å². The van der Waals surface area contributed by atoms with E-state index in [2.05, 4.69) is 15.4 Å². The van der Waals surface area contributed by atoms with Gasteiger partial charge in [-0.3, -0.25) is 14.9 Å². The predicted octanol–water partition coefficient (Wildman–Crippen LogP) is 4.05. The molecule has 0 aliphatic carbocycles. The van der Waals surface area contributed by atoms with Gasteiger partial charge in [0, 0.05) is 29.4 Å². The Morgan fingerprint density at radius 3 is 2.93 bits per heavy atom. The van der Waals surface area contributed by atoms with Crippen LogP contribution in [0.4, 0.5) is 5.69 Å². The van der Waals surface area contributed by atoms with E-state index in [0.29, 0.717) is 18.8 Å². The van der Waals surface area contributed by atoms with Crippen molar-refractivity contribution in [2.75, 3.05) is 6.54 Å². The lowest BCUT2D eigenvalue weighted by atomic mass is 10.1. The highest BCUT2D eigenvalue weighted by atomic mass is 35.5. The Labute approximate surface area is 171 Å². The first-order valence-corrected chi connectivity index (χ1v) is 10.3. The maximum Gasteiger partial charge on any atom is 0.282 e. The van der Waals surface area contributed by atoms with Crippen molar-refractivity contribution in [1.82, 2.24) is 19.9 Å². The standard InChI is InChI=1S/C17H12ClN5O3S2/c18-10-3-4-13(23(25)26)12(8-10)16(24)19-6-5-11-9-28-17-20-15(21-22(11)17)14-2-1-7-27-14/h1-4,7-9H,5-6H2,(H,19,24). The minimum atomic E-state index is -0.602. The molecular formula is C17H12ClN5O3S2. The Balaban J connectivity index is 1.46. The zero-order valence-electron chi connectivity index (χ0n) is 14.2. The van der Waals surface area contributed by atoms with Gasteiger partial charge in [-0.05, 0) is 23.6 Å². The Bertz CT molecular complexity index is 1170. The molecule has 0 bridgehead atoms. The summed E-state index contributed by atoms with van der Waals surface area (Å²) < 4.78 is 1.76. The number of thiazole rings is 1. The molecule has 0 saturated carbocycles. The Morgan fingerprint density at radius 1 is 1.32 bits per heavy atom. The van der Waals surface area contributed by atoms with Crippen molar-refractivity contribution in [3.63, 3.8) is 0 Å². The van der Waals surface area contributed by atoms with Crippen molar-refractivity contribution in [1.29, 1.82) is 0 Å². The monoisotopic (exact) mass is 433 g/mol. The number of nitrogens with zero attached hydrogens (tertiary/aromatic N) is 4. The first kappa shape index (κ1) is 18.5. The molecular weight excluding hydrogens is 422 g/mol. The minimum Gasteiger partial charge on any atom is -0.351 e. The molecule has 0 saturated heterocycles. The second kappa shape index (κ2) is 7.66. The lowest BCUT2D eigenvalue weighted by Crippen LogP contribution is -2.26. The van der Waals surface area contributed by atoms with Crippen molar-refractivity contribution in [3.8, 4) is 10.7 Å². The second-order valence-electron chi connectivity index (χ2n) is 5.76.